The van der Waals surface area contributed by atoms with Gasteiger partial charge < -0.3 is 0 Å². The molecule has 4 rings (SSSR count). The van der Waals surface area contributed by atoms with Crippen molar-refractivity contribution in [2.24, 2.45) is 0 Å². The number of Topliss-reactive ketones (excluding diaryl/α,β-unsaturated/α-hetero) is 1. The number of halogens is 4. The zero-order valence-electron chi connectivity index (χ0n) is 15.9. The molecule has 0 bridgehead atoms. The lowest BCUT2D eigenvalue weighted by atomic mass is 9.76. The molecule has 0 N–H and O–H groups in total. The molecule has 1 atom stereocenters. The van der Waals surface area contributed by atoms with E-state index in [0.29, 0.717) is 10.6 Å². The molecule has 0 fully saturated rings. The number of aromatic nitrogens is 3. The van der Waals surface area contributed by atoms with E-state index >= 15 is 0 Å². The molecule has 4 aromatic rings. The monoisotopic (exact) mass is 441 g/mol. The fourth-order valence-corrected chi connectivity index (χ4v) is 3.71. The summed E-state index contributed by atoms with van der Waals surface area (Å²) < 4.78 is 41.9. The summed E-state index contributed by atoms with van der Waals surface area (Å²) in [4.78, 5) is 18.0. The molecule has 8 heteroatoms. The first-order valence-corrected chi connectivity index (χ1v) is 9.60. The van der Waals surface area contributed by atoms with Gasteiger partial charge in [-0.05, 0) is 47.5 Å². The maximum absolute atomic E-state index is 14.0. The van der Waals surface area contributed by atoms with Crippen LogP contribution in [0.25, 0.3) is 0 Å². The van der Waals surface area contributed by atoms with Gasteiger partial charge in [-0.2, -0.15) is 18.3 Å². The molecule has 0 spiro atoms. The van der Waals surface area contributed by atoms with Gasteiger partial charge in [-0.1, -0.05) is 54.1 Å². The van der Waals surface area contributed by atoms with Crippen LogP contribution in [0.5, 0.6) is 0 Å². The van der Waals surface area contributed by atoms with Crippen molar-refractivity contribution in [3.8, 4) is 0 Å². The number of rotatable bonds is 5. The van der Waals surface area contributed by atoms with Crippen LogP contribution in [0.4, 0.5) is 13.2 Å². The predicted octanol–water partition coefficient (Wildman–Crippen LogP) is 5.63. The SMILES string of the molecule is O=C(c1ccc(Cl)cc1)C(c1ccccc1)(c1cccc(C(F)(F)F)c1)n1cncn1. The highest BCUT2D eigenvalue weighted by Gasteiger charge is 2.46. The Kier molecular flexibility index (Phi) is 5.37. The standard InChI is InChI=1S/C23H15ClF3N3O/c24-20-11-9-16(10-12-20)21(31)22(30-15-28-14-29-30,17-5-2-1-3-6-17)18-7-4-8-19(13-18)23(25,26)27/h1-15H. The molecule has 0 amide bonds. The van der Waals surface area contributed by atoms with Gasteiger partial charge in [0, 0.05) is 10.6 Å². The van der Waals surface area contributed by atoms with E-state index in [1.54, 1.807) is 42.5 Å². The summed E-state index contributed by atoms with van der Waals surface area (Å²) >= 11 is 5.97. The van der Waals surface area contributed by atoms with Crippen molar-refractivity contribution >= 4 is 17.4 Å². The molecule has 0 radical (unpaired) electrons. The Morgan fingerprint density at radius 3 is 2.10 bits per heavy atom. The molecule has 1 unspecified atom stereocenters. The zero-order chi connectivity index (χ0) is 22.1. The fraction of sp³-hybridized carbons (Fsp3) is 0.0870. The van der Waals surface area contributed by atoms with E-state index in [-0.39, 0.29) is 11.1 Å². The first kappa shape index (κ1) is 20.8. The van der Waals surface area contributed by atoms with Gasteiger partial charge in [-0.3, -0.25) is 4.79 Å². The minimum Gasteiger partial charge on any atom is -0.291 e. The van der Waals surface area contributed by atoms with Crippen molar-refractivity contribution in [2.75, 3.05) is 0 Å². The van der Waals surface area contributed by atoms with E-state index in [2.05, 4.69) is 10.1 Å². The van der Waals surface area contributed by atoms with Crippen molar-refractivity contribution in [1.82, 2.24) is 14.8 Å². The van der Waals surface area contributed by atoms with Crippen LogP contribution in [-0.2, 0) is 11.7 Å². The Hall–Kier alpha value is -3.45. The molecule has 0 saturated heterocycles. The molecule has 1 heterocycles. The van der Waals surface area contributed by atoms with Gasteiger partial charge in [0.15, 0.2) is 11.3 Å². The van der Waals surface area contributed by atoms with E-state index in [1.165, 1.54) is 41.6 Å². The number of nitrogens with zero attached hydrogens (tertiary/aromatic N) is 3. The van der Waals surface area contributed by atoms with Gasteiger partial charge >= 0.3 is 6.18 Å². The number of carbonyl (C=O) groups is 1. The molecule has 0 aliphatic carbocycles. The number of hydrogen-bond acceptors (Lipinski definition) is 3. The summed E-state index contributed by atoms with van der Waals surface area (Å²) in [5, 5.41) is 4.61. The molecule has 1 aromatic heterocycles. The normalized spacial score (nSPS) is 13.5. The second kappa shape index (κ2) is 8.00. The molecule has 3 aromatic carbocycles. The Balaban J connectivity index is 2.07. The van der Waals surface area contributed by atoms with Crippen molar-refractivity contribution in [3.63, 3.8) is 0 Å². The summed E-state index contributed by atoms with van der Waals surface area (Å²) in [5.74, 6) is -0.472. The van der Waals surface area contributed by atoms with Crippen LogP contribution in [0, 0.1) is 0 Å². The quantitative estimate of drug-likeness (QED) is 0.377. The molecular formula is C23H15ClF3N3O. The number of carbonyl (C=O) groups excluding carboxylic acids is 1. The third kappa shape index (κ3) is 3.72. The third-order valence-electron chi connectivity index (χ3n) is 5.00. The van der Waals surface area contributed by atoms with Crippen molar-refractivity contribution in [1.29, 1.82) is 0 Å². The predicted molar refractivity (Wildman–Crippen MR) is 110 cm³/mol. The summed E-state index contributed by atoms with van der Waals surface area (Å²) in [6.07, 6.45) is -2.02. The number of alkyl halides is 3. The van der Waals surface area contributed by atoms with Gasteiger partial charge in [0.2, 0.25) is 0 Å². The minimum absolute atomic E-state index is 0.110. The van der Waals surface area contributed by atoms with Gasteiger partial charge in [0.05, 0.1) is 5.56 Å². The largest absolute Gasteiger partial charge is 0.416 e. The van der Waals surface area contributed by atoms with Gasteiger partial charge in [0.1, 0.15) is 12.7 Å². The Bertz CT molecular complexity index is 1190. The van der Waals surface area contributed by atoms with Crippen LogP contribution in [0.2, 0.25) is 5.02 Å². The van der Waals surface area contributed by atoms with Gasteiger partial charge in [-0.25, -0.2) is 9.67 Å². The highest BCUT2D eigenvalue weighted by molar-refractivity contribution is 6.30. The van der Waals surface area contributed by atoms with E-state index in [1.807, 2.05) is 0 Å². The molecular weight excluding hydrogens is 427 g/mol. The highest BCUT2D eigenvalue weighted by atomic mass is 35.5. The van der Waals surface area contributed by atoms with Crippen molar-refractivity contribution in [3.05, 3.63) is 119 Å². The maximum atomic E-state index is 14.0. The number of ketones is 1. The fourth-order valence-electron chi connectivity index (χ4n) is 3.59. The Morgan fingerprint density at radius 2 is 1.48 bits per heavy atom. The Labute approximate surface area is 180 Å². The van der Waals surface area contributed by atoms with Crippen LogP contribution in [0.3, 0.4) is 0 Å². The Morgan fingerprint density at radius 1 is 0.839 bits per heavy atom. The zero-order valence-corrected chi connectivity index (χ0v) is 16.7. The lowest BCUT2D eigenvalue weighted by Crippen LogP contribution is -2.45. The molecule has 156 valence electrons. The minimum atomic E-state index is -4.58. The second-order valence-corrected chi connectivity index (χ2v) is 7.27. The lowest BCUT2D eigenvalue weighted by molar-refractivity contribution is -0.137. The second-order valence-electron chi connectivity index (χ2n) is 6.83. The first-order valence-electron chi connectivity index (χ1n) is 9.22. The molecule has 0 aliphatic rings. The smallest absolute Gasteiger partial charge is 0.291 e. The molecule has 0 aliphatic heterocycles. The summed E-state index contributed by atoms with van der Waals surface area (Å²) in [7, 11) is 0. The van der Waals surface area contributed by atoms with E-state index < -0.39 is 23.1 Å². The van der Waals surface area contributed by atoms with E-state index in [4.69, 9.17) is 11.6 Å². The summed E-state index contributed by atoms with van der Waals surface area (Å²) in [6.45, 7) is 0. The van der Waals surface area contributed by atoms with Gasteiger partial charge in [-0.15, -0.1) is 0 Å². The average molecular weight is 442 g/mol. The molecule has 31 heavy (non-hydrogen) atoms. The van der Waals surface area contributed by atoms with Crippen LogP contribution >= 0.6 is 11.6 Å². The topological polar surface area (TPSA) is 47.8 Å². The summed E-state index contributed by atoms with van der Waals surface area (Å²) in [6, 6.07) is 19.4. The van der Waals surface area contributed by atoms with Gasteiger partial charge in [0.25, 0.3) is 0 Å². The summed E-state index contributed by atoms with van der Waals surface area (Å²) in [5.41, 5.74) is -1.76. The van der Waals surface area contributed by atoms with Crippen molar-refractivity contribution < 1.29 is 18.0 Å². The van der Waals surface area contributed by atoms with Crippen LogP contribution < -0.4 is 0 Å². The highest BCUT2D eigenvalue weighted by Crippen LogP contribution is 2.39. The number of benzene rings is 3. The molecule has 0 saturated carbocycles. The molecule has 4 nitrogen and oxygen atoms in total. The first-order chi connectivity index (χ1) is 14.8. The third-order valence-corrected chi connectivity index (χ3v) is 5.25. The van der Waals surface area contributed by atoms with Crippen LogP contribution in [-0.4, -0.2) is 20.5 Å². The average Bonchev–Trinajstić information content (AvgIpc) is 3.30. The van der Waals surface area contributed by atoms with Crippen LogP contribution in [0.15, 0.2) is 91.5 Å². The van der Waals surface area contributed by atoms with E-state index in [0.717, 1.165) is 12.1 Å². The van der Waals surface area contributed by atoms with Crippen molar-refractivity contribution in [2.45, 2.75) is 11.7 Å². The lowest BCUT2D eigenvalue weighted by Gasteiger charge is -2.34. The van der Waals surface area contributed by atoms with E-state index in [9.17, 15) is 18.0 Å². The number of hydrogen-bond donors (Lipinski definition) is 0. The maximum Gasteiger partial charge on any atom is 0.416 e. The van der Waals surface area contributed by atoms with Crippen LogP contribution in [0.1, 0.15) is 27.0 Å².